The van der Waals surface area contributed by atoms with Crippen LogP contribution in [0.2, 0.25) is 0 Å². The number of carbonyl (C=O) groups is 1. The zero-order chi connectivity index (χ0) is 14.8. The van der Waals surface area contributed by atoms with E-state index in [9.17, 15) is 9.90 Å². The Labute approximate surface area is 116 Å². The maximum Gasteiger partial charge on any atom is 0.410 e. The van der Waals surface area contributed by atoms with Crippen LogP contribution in [0.5, 0.6) is 0 Å². The van der Waals surface area contributed by atoms with Gasteiger partial charge in [-0.05, 0) is 41.5 Å². The summed E-state index contributed by atoms with van der Waals surface area (Å²) in [6.07, 6.45) is -0.586. The van der Waals surface area contributed by atoms with Crippen molar-refractivity contribution in [2.75, 3.05) is 19.6 Å². The number of aliphatic hydroxyl groups excluding tert-OH is 1. The molecular formula is C14H28N2O3. The van der Waals surface area contributed by atoms with Crippen LogP contribution in [-0.4, -0.2) is 64.4 Å². The van der Waals surface area contributed by atoms with E-state index in [-0.39, 0.29) is 24.3 Å². The average molecular weight is 272 g/mol. The van der Waals surface area contributed by atoms with E-state index < -0.39 is 5.60 Å². The number of carbonyl (C=O) groups excluding carboxylic acids is 1. The smallest absolute Gasteiger partial charge is 0.410 e. The summed E-state index contributed by atoms with van der Waals surface area (Å²) in [5.41, 5.74) is -0.465. The molecule has 19 heavy (non-hydrogen) atoms. The van der Waals surface area contributed by atoms with Crippen molar-refractivity contribution < 1.29 is 14.6 Å². The number of hydrogen-bond acceptors (Lipinski definition) is 4. The summed E-state index contributed by atoms with van der Waals surface area (Å²) < 4.78 is 5.45. The Balaban J connectivity index is 2.65. The standard InChI is InChI=1S/C14H28N2O3/c1-10-7-15(9-12(3)17)8-11(2)16(10)13(18)19-14(4,5)6/h10-12,17H,7-9H2,1-6H3/t10-,11+,12-/m0/s1. The molecule has 3 atom stereocenters. The number of β-amino-alcohol motifs (C(OH)–C–C–N with tert-alkyl or cyclic N) is 1. The molecule has 0 unspecified atom stereocenters. The molecule has 0 aromatic rings. The number of nitrogens with zero attached hydrogens (tertiary/aromatic N) is 2. The molecule has 1 heterocycles. The normalized spacial score (nSPS) is 27.2. The van der Waals surface area contributed by atoms with E-state index >= 15 is 0 Å². The van der Waals surface area contributed by atoms with E-state index in [0.717, 1.165) is 13.1 Å². The summed E-state index contributed by atoms with van der Waals surface area (Å²) in [5.74, 6) is 0. The Morgan fingerprint density at radius 3 is 2.16 bits per heavy atom. The highest BCUT2D eigenvalue weighted by atomic mass is 16.6. The first kappa shape index (κ1) is 16.2. The molecule has 1 aliphatic rings. The summed E-state index contributed by atoms with van der Waals surface area (Å²) in [6.45, 7) is 13.7. The Kier molecular flexibility index (Phi) is 5.21. The number of rotatable bonds is 2. The van der Waals surface area contributed by atoms with Crippen LogP contribution in [0, 0.1) is 0 Å². The maximum atomic E-state index is 12.2. The highest BCUT2D eigenvalue weighted by Gasteiger charge is 2.35. The molecule has 0 aromatic heterocycles. The summed E-state index contributed by atoms with van der Waals surface area (Å²) in [5, 5.41) is 9.46. The molecule has 112 valence electrons. The van der Waals surface area contributed by atoms with Gasteiger partial charge in [0.25, 0.3) is 0 Å². The highest BCUT2D eigenvalue weighted by Crippen LogP contribution is 2.19. The molecule has 0 saturated carbocycles. The lowest BCUT2D eigenvalue weighted by molar-refractivity contribution is -0.0203. The van der Waals surface area contributed by atoms with Crippen LogP contribution in [0.3, 0.4) is 0 Å². The van der Waals surface area contributed by atoms with E-state index in [4.69, 9.17) is 4.74 Å². The summed E-state index contributed by atoms with van der Waals surface area (Å²) in [7, 11) is 0. The molecule has 5 heteroatoms. The molecule has 1 fully saturated rings. The van der Waals surface area contributed by atoms with Crippen LogP contribution in [0.4, 0.5) is 4.79 Å². The molecule has 0 aromatic carbocycles. The Morgan fingerprint density at radius 2 is 1.79 bits per heavy atom. The van der Waals surface area contributed by atoms with Crippen molar-refractivity contribution in [2.24, 2.45) is 0 Å². The molecular weight excluding hydrogens is 244 g/mol. The van der Waals surface area contributed by atoms with Gasteiger partial charge in [0.05, 0.1) is 6.10 Å². The topological polar surface area (TPSA) is 53.0 Å². The van der Waals surface area contributed by atoms with Crippen LogP contribution in [0.1, 0.15) is 41.5 Å². The van der Waals surface area contributed by atoms with Crippen molar-refractivity contribution >= 4 is 6.09 Å². The lowest BCUT2D eigenvalue weighted by atomic mass is 10.1. The first-order chi connectivity index (χ1) is 8.60. The molecule has 0 radical (unpaired) electrons. The molecule has 0 spiro atoms. The first-order valence-electron chi connectivity index (χ1n) is 7.02. The average Bonchev–Trinajstić information content (AvgIpc) is 2.10. The van der Waals surface area contributed by atoms with E-state index in [1.807, 2.05) is 39.5 Å². The van der Waals surface area contributed by atoms with E-state index in [1.54, 1.807) is 6.92 Å². The van der Waals surface area contributed by atoms with Gasteiger partial charge in [0, 0.05) is 31.7 Å². The molecule has 1 rings (SSSR count). The third kappa shape index (κ3) is 4.99. The van der Waals surface area contributed by atoms with Gasteiger partial charge in [-0.25, -0.2) is 4.79 Å². The van der Waals surface area contributed by atoms with Gasteiger partial charge in [0.15, 0.2) is 0 Å². The quantitative estimate of drug-likeness (QED) is 0.831. The third-order valence-corrected chi connectivity index (χ3v) is 3.12. The van der Waals surface area contributed by atoms with Crippen LogP contribution >= 0.6 is 0 Å². The monoisotopic (exact) mass is 272 g/mol. The molecule has 1 aliphatic heterocycles. The SMILES string of the molecule is C[C@H](O)CN1C[C@@H](C)N(C(=O)OC(C)(C)C)[C@@H](C)C1. The van der Waals surface area contributed by atoms with Crippen molar-refractivity contribution in [3.8, 4) is 0 Å². The van der Waals surface area contributed by atoms with Gasteiger partial charge >= 0.3 is 6.09 Å². The van der Waals surface area contributed by atoms with Gasteiger partial charge in [-0.15, -0.1) is 0 Å². The fourth-order valence-electron chi connectivity index (χ4n) is 2.63. The Morgan fingerprint density at radius 1 is 1.32 bits per heavy atom. The molecule has 5 nitrogen and oxygen atoms in total. The minimum Gasteiger partial charge on any atom is -0.444 e. The number of ether oxygens (including phenoxy) is 1. The first-order valence-corrected chi connectivity index (χ1v) is 7.02. The lowest BCUT2D eigenvalue weighted by Gasteiger charge is -2.44. The molecule has 1 saturated heterocycles. The maximum absolute atomic E-state index is 12.2. The van der Waals surface area contributed by atoms with E-state index in [2.05, 4.69) is 4.90 Å². The van der Waals surface area contributed by atoms with Gasteiger partial charge in [-0.3, -0.25) is 4.90 Å². The predicted octanol–water partition coefficient (Wildman–Crippen LogP) is 1.70. The van der Waals surface area contributed by atoms with Gasteiger partial charge in [-0.1, -0.05) is 0 Å². The lowest BCUT2D eigenvalue weighted by Crippen LogP contribution is -2.60. The second-order valence-corrected chi connectivity index (χ2v) is 6.65. The van der Waals surface area contributed by atoms with Gasteiger partial charge < -0.3 is 14.7 Å². The fraction of sp³-hybridized carbons (Fsp3) is 0.929. The Hall–Kier alpha value is -0.810. The van der Waals surface area contributed by atoms with Crippen LogP contribution in [0.25, 0.3) is 0 Å². The second kappa shape index (κ2) is 6.09. The van der Waals surface area contributed by atoms with Crippen molar-refractivity contribution in [1.29, 1.82) is 0 Å². The highest BCUT2D eigenvalue weighted by molar-refractivity contribution is 5.69. The summed E-state index contributed by atoms with van der Waals surface area (Å²) in [4.78, 5) is 16.2. The minimum atomic E-state index is -0.465. The van der Waals surface area contributed by atoms with Crippen LogP contribution in [-0.2, 0) is 4.74 Å². The van der Waals surface area contributed by atoms with Crippen LogP contribution < -0.4 is 0 Å². The fourth-order valence-corrected chi connectivity index (χ4v) is 2.63. The molecule has 1 N–H and O–H groups in total. The van der Waals surface area contributed by atoms with Gasteiger partial charge in [0.2, 0.25) is 0 Å². The number of hydrogen-bond donors (Lipinski definition) is 1. The largest absolute Gasteiger partial charge is 0.444 e. The van der Waals surface area contributed by atoms with Crippen molar-refractivity contribution in [2.45, 2.75) is 65.3 Å². The van der Waals surface area contributed by atoms with E-state index in [0.29, 0.717) is 6.54 Å². The zero-order valence-electron chi connectivity index (χ0n) is 13.0. The third-order valence-electron chi connectivity index (χ3n) is 3.12. The summed E-state index contributed by atoms with van der Waals surface area (Å²) in [6, 6.07) is 0.190. The number of aliphatic hydroxyl groups is 1. The Bertz CT molecular complexity index is 300. The van der Waals surface area contributed by atoms with Crippen molar-refractivity contribution in [3.63, 3.8) is 0 Å². The van der Waals surface area contributed by atoms with Crippen molar-refractivity contribution in [3.05, 3.63) is 0 Å². The molecule has 0 bridgehead atoms. The number of amides is 1. The van der Waals surface area contributed by atoms with Gasteiger partial charge in [-0.2, -0.15) is 0 Å². The summed E-state index contributed by atoms with van der Waals surface area (Å²) >= 11 is 0. The molecule has 1 amide bonds. The predicted molar refractivity (Wildman–Crippen MR) is 75.1 cm³/mol. The van der Waals surface area contributed by atoms with E-state index in [1.165, 1.54) is 0 Å². The zero-order valence-corrected chi connectivity index (χ0v) is 13.0. The van der Waals surface area contributed by atoms with Gasteiger partial charge in [0.1, 0.15) is 5.60 Å². The van der Waals surface area contributed by atoms with Crippen molar-refractivity contribution in [1.82, 2.24) is 9.80 Å². The number of piperazine rings is 1. The minimum absolute atomic E-state index is 0.0948. The second-order valence-electron chi connectivity index (χ2n) is 6.65. The molecule has 0 aliphatic carbocycles. The van der Waals surface area contributed by atoms with Crippen LogP contribution in [0.15, 0.2) is 0 Å².